The quantitative estimate of drug-likeness (QED) is 0.225. The van der Waals surface area contributed by atoms with Crippen molar-refractivity contribution in [2.45, 2.75) is 11.8 Å². The van der Waals surface area contributed by atoms with Crippen LogP contribution < -0.4 is 20.1 Å². The van der Waals surface area contributed by atoms with Gasteiger partial charge in [0.1, 0.15) is 23.0 Å². The van der Waals surface area contributed by atoms with Crippen LogP contribution >= 0.6 is 0 Å². The van der Waals surface area contributed by atoms with Crippen LogP contribution in [0.4, 0.5) is 0 Å². The molecule has 0 heterocycles. The van der Waals surface area contributed by atoms with Crippen molar-refractivity contribution >= 4 is 22.8 Å². The molecule has 3 N–H and O–H groups in total. The Kier molecular flexibility index (Phi) is 6.95. The first-order valence-corrected chi connectivity index (χ1v) is 9.45. The number of aliphatic imine (C=N–C) groups is 1. The molecule has 0 bridgehead atoms. The zero-order valence-electron chi connectivity index (χ0n) is 15.1. The number of ether oxygens (including phenoxy) is 1. The van der Waals surface area contributed by atoms with E-state index in [0.717, 1.165) is 5.56 Å². The first-order valence-electron chi connectivity index (χ1n) is 8.05. The van der Waals surface area contributed by atoms with Crippen LogP contribution in [0.15, 0.2) is 57.5 Å². The van der Waals surface area contributed by atoms with Gasteiger partial charge in [0, 0.05) is 12.8 Å². The first-order chi connectivity index (χ1) is 13.3. The Labute approximate surface area is 163 Å². The summed E-state index contributed by atoms with van der Waals surface area (Å²) < 4.78 is 35.7. The minimum Gasteiger partial charge on any atom is -0.492 e. The molecule has 0 spiro atoms. The summed E-state index contributed by atoms with van der Waals surface area (Å²) >= 11 is 0. The monoisotopic (exact) mass is 401 g/mol. The van der Waals surface area contributed by atoms with Crippen LogP contribution in [0.1, 0.15) is 11.1 Å². The maximum Gasteiger partial charge on any atom is 0.339 e. The molecule has 0 saturated carbocycles. The number of hydrogen-bond donors (Lipinski definition) is 2. The Morgan fingerprint density at radius 1 is 1.29 bits per heavy atom. The van der Waals surface area contributed by atoms with Gasteiger partial charge in [-0.15, -0.1) is 0 Å². The molecule has 0 aliphatic carbocycles. The number of nitrogens with zero attached hydrogens (tertiary/aromatic N) is 3. The van der Waals surface area contributed by atoms with E-state index in [9.17, 15) is 8.42 Å². The SMILES string of the molecule is C=NNC(N)=NCCOc1cc(C)cc(OS(=O)(=O)c2cccc(C#N)c2)c1. The molecule has 0 aliphatic heterocycles. The average Bonchev–Trinajstić information content (AvgIpc) is 2.65. The molecular formula is C18H19N5O4S. The van der Waals surface area contributed by atoms with Crippen molar-refractivity contribution in [1.29, 1.82) is 5.26 Å². The molecule has 9 nitrogen and oxygen atoms in total. The second-order valence-electron chi connectivity index (χ2n) is 5.54. The Bertz CT molecular complexity index is 1030. The molecule has 0 fully saturated rings. The molecular weight excluding hydrogens is 382 g/mol. The zero-order chi connectivity index (χ0) is 20.6. The first kappa shape index (κ1) is 20.7. The molecule has 0 aromatic heterocycles. The van der Waals surface area contributed by atoms with Crippen molar-refractivity contribution in [2.24, 2.45) is 15.8 Å². The van der Waals surface area contributed by atoms with Gasteiger partial charge in [-0.3, -0.25) is 0 Å². The third-order valence-electron chi connectivity index (χ3n) is 3.32. The van der Waals surface area contributed by atoms with Gasteiger partial charge in [0.05, 0.1) is 18.2 Å². The van der Waals surface area contributed by atoms with Crippen LogP contribution in [0.5, 0.6) is 11.5 Å². The highest BCUT2D eigenvalue weighted by Gasteiger charge is 2.18. The van der Waals surface area contributed by atoms with Gasteiger partial charge in [-0.25, -0.2) is 10.4 Å². The number of nitrogens with two attached hydrogens (primary N) is 1. The Balaban J connectivity index is 2.11. The summed E-state index contributed by atoms with van der Waals surface area (Å²) in [6, 6.07) is 12.2. The molecule has 2 aromatic rings. The molecule has 0 aliphatic rings. The number of hydrazone groups is 1. The van der Waals surface area contributed by atoms with Crippen LogP contribution in [0, 0.1) is 18.3 Å². The second kappa shape index (κ2) is 9.38. The summed E-state index contributed by atoms with van der Waals surface area (Å²) in [4.78, 5) is 3.85. The Hall–Kier alpha value is -3.58. The minimum absolute atomic E-state index is 0.0953. The van der Waals surface area contributed by atoms with Gasteiger partial charge in [-0.1, -0.05) is 6.07 Å². The summed E-state index contributed by atoms with van der Waals surface area (Å²) in [7, 11) is -4.09. The van der Waals surface area contributed by atoms with Gasteiger partial charge in [0.25, 0.3) is 0 Å². The fourth-order valence-corrected chi connectivity index (χ4v) is 3.15. The number of nitriles is 1. The summed E-state index contributed by atoms with van der Waals surface area (Å²) in [5.41, 5.74) is 8.86. The lowest BCUT2D eigenvalue weighted by molar-refractivity contribution is 0.327. The van der Waals surface area contributed by atoms with Crippen LogP contribution in [0.25, 0.3) is 0 Å². The van der Waals surface area contributed by atoms with E-state index >= 15 is 0 Å². The lowest BCUT2D eigenvalue weighted by Crippen LogP contribution is -2.27. The van der Waals surface area contributed by atoms with E-state index < -0.39 is 10.1 Å². The molecule has 2 aromatic carbocycles. The maximum atomic E-state index is 12.5. The Morgan fingerprint density at radius 3 is 2.75 bits per heavy atom. The van der Waals surface area contributed by atoms with E-state index in [1.807, 2.05) is 6.07 Å². The molecule has 0 amide bonds. The zero-order valence-corrected chi connectivity index (χ0v) is 15.9. The number of benzene rings is 2. The number of hydrogen-bond acceptors (Lipinski definition) is 7. The van der Waals surface area contributed by atoms with Gasteiger partial charge in [0.15, 0.2) is 0 Å². The molecule has 28 heavy (non-hydrogen) atoms. The van der Waals surface area contributed by atoms with Crippen LogP contribution in [-0.4, -0.2) is 34.2 Å². The van der Waals surface area contributed by atoms with E-state index in [0.29, 0.717) is 5.75 Å². The predicted octanol–water partition coefficient (Wildman–Crippen LogP) is 1.53. The molecule has 2 rings (SSSR count). The molecule has 0 unspecified atom stereocenters. The highest BCUT2D eigenvalue weighted by molar-refractivity contribution is 7.87. The van der Waals surface area contributed by atoms with Gasteiger partial charge in [-0.2, -0.15) is 18.8 Å². The predicted molar refractivity (Wildman–Crippen MR) is 105 cm³/mol. The highest BCUT2D eigenvalue weighted by atomic mass is 32.2. The highest BCUT2D eigenvalue weighted by Crippen LogP contribution is 2.26. The van der Waals surface area contributed by atoms with Gasteiger partial charge >= 0.3 is 10.1 Å². The van der Waals surface area contributed by atoms with Crippen molar-refractivity contribution in [2.75, 3.05) is 13.2 Å². The number of guanidine groups is 1. The normalized spacial score (nSPS) is 11.4. The van der Waals surface area contributed by atoms with Crippen molar-refractivity contribution in [3.8, 4) is 17.6 Å². The van der Waals surface area contributed by atoms with Crippen molar-refractivity contribution < 1.29 is 17.3 Å². The minimum atomic E-state index is -4.09. The largest absolute Gasteiger partial charge is 0.492 e. The van der Waals surface area contributed by atoms with E-state index in [1.54, 1.807) is 19.1 Å². The number of rotatable bonds is 8. The molecule has 0 saturated heterocycles. The third kappa shape index (κ3) is 6.00. The maximum absolute atomic E-state index is 12.5. The van der Waals surface area contributed by atoms with Crippen LogP contribution in [-0.2, 0) is 10.1 Å². The van der Waals surface area contributed by atoms with E-state index in [1.165, 1.54) is 30.3 Å². The lowest BCUT2D eigenvalue weighted by Gasteiger charge is -2.11. The second-order valence-corrected chi connectivity index (χ2v) is 7.09. The summed E-state index contributed by atoms with van der Waals surface area (Å²) in [5.74, 6) is 0.620. The van der Waals surface area contributed by atoms with Crippen molar-refractivity contribution in [3.63, 3.8) is 0 Å². The fraction of sp³-hybridized carbons (Fsp3) is 0.167. The van der Waals surface area contributed by atoms with Crippen LogP contribution in [0.3, 0.4) is 0 Å². The van der Waals surface area contributed by atoms with Crippen LogP contribution in [0.2, 0.25) is 0 Å². The summed E-state index contributed by atoms with van der Waals surface area (Å²) in [6.07, 6.45) is 0. The van der Waals surface area contributed by atoms with E-state index in [-0.39, 0.29) is 35.3 Å². The molecule has 146 valence electrons. The molecule has 10 heteroatoms. The topological polar surface area (TPSA) is 139 Å². The number of aryl methyl sites for hydroxylation is 1. The lowest BCUT2D eigenvalue weighted by atomic mass is 10.2. The average molecular weight is 401 g/mol. The third-order valence-corrected chi connectivity index (χ3v) is 4.56. The smallest absolute Gasteiger partial charge is 0.339 e. The standard InChI is InChI=1S/C18H19N5O4S/c1-13-8-15(26-7-6-22-18(20)23-21-2)11-16(9-13)27-28(24,25)17-5-3-4-14(10-17)12-19/h3-5,8-11H,2,6-7H2,1H3,(H3,20,22,23). The molecule has 0 radical (unpaired) electrons. The van der Waals surface area contributed by atoms with Gasteiger partial charge < -0.3 is 14.7 Å². The molecule has 0 atom stereocenters. The Morgan fingerprint density at radius 2 is 2.04 bits per heavy atom. The van der Waals surface area contributed by atoms with Crippen molar-refractivity contribution in [1.82, 2.24) is 5.43 Å². The van der Waals surface area contributed by atoms with Crippen molar-refractivity contribution in [3.05, 3.63) is 53.6 Å². The van der Waals surface area contributed by atoms with Gasteiger partial charge in [0.2, 0.25) is 5.96 Å². The van der Waals surface area contributed by atoms with E-state index in [4.69, 9.17) is 19.9 Å². The summed E-state index contributed by atoms with van der Waals surface area (Å²) in [6.45, 7) is 5.47. The summed E-state index contributed by atoms with van der Waals surface area (Å²) in [5, 5.41) is 12.3. The van der Waals surface area contributed by atoms with E-state index in [2.05, 4.69) is 22.2 Å². The number of nitrogens with one attached hydrogen (secondary N) is 1. The fourth-order valence-electron chi connectivity index (χ4n) is 2.19. The van der Waals surface area contributed by atoms with Gasteiger partial charge in [-0.05, 0) is 42.8 Å².